The van der Waals surface area contributed by atoms with Gasteiger partial charge >= 0.3 is 11.9 Å². The van der Waals surface area contributed by atoms with Crippen LogP contribution in [0, 0.1) is 0 Å². The Hall–Kier alpha value is -1.92. The molecule has 0 bridgehead atoms. The lowest BCUT2D eigenvalue weighted by Gasteiger charge is -2.09. The molecule has 0 spiro atoms. The number of rotatable bonds is 8. The topological polar surface area (TPSA) is 71.1 Å². The van der Waals surface area contributed by atoms with Gasteiger partial charge in [0.25, 0.3) is 0 Å². The summed E-state index contributed by atoms with van der Waals surface area (Å²) in [4.78, 5) is 23.7. The number of benzene rings is 1. The van der Waals surface area contributed by atoms with Crippen LogP contribution in [0.4, 0.5) is 0 Å². The van der Waals surface area contributed by atoms with Crippen molar-refractivity contribution in [1.82, 2.24) is 0 Å². The van der Waals surface area contributed by atoms with Crippen molar-refractivity contribution in [3.63, 3.8) is 0 Å². The summed E-state index contributed by atoms with van der Waals surface area (Å²) in [5.41, 5.74) is 0.266. The van der Waals surface area contributed by atoms with Gasteiger partial charge in [0.1, 0.15) is 0 Å². The zero-order valence-electron chi connectivity index (χ0n) is 11.6. The Morgan fingerprint density at radius 3 is 1.60 bits per heavy atom. The predicted octanol–water partition coefficient (Wildman–Crippen LogP) is 1.99. The van der Waals surface area contributed by atoms with Crippen LogP contribution >= 0.6 is 0 Å². The molecule has 0 atom stereocenters. The second kappa shape index (κ2) is 9.06. The smallest absolute Gasteiger partial charge is 0.341 e. The van der Waals surface area contributed by atoms with E-state index in [0.717, 1.165) is 0 Å². The SMILES string of the molecule is CCOCOC(=O)c1ccccc1C(=O)OCOCC. The summed E-state index contributed by atoms with van der Waals surface area (Å²) >= 11 is 0. The standard InChI is InChI=1S/C14H18O6/c1-3-17-9-19-13(15)11-7-5-6-8-12(11)14(16)20-10-18-4-2/h5-8H,3-4,9-10H2,1-2H3. The molecule has 0 saturated heterocycles. The van der Waals surface area contributed by atoms with Crippen molar-refractivity contribution in [1.29, 1.82) is 0 Å². The average molecular weight is 282 g/mol. The second-order valence-corrected chi connectivity index (χ2v) is 3.63. The molecule has 6 nitrogen and oxygen atoms in total. The van der Waals surface area contributed by atoms with Crippen molar-refractivity contribution in [2.75, 3.05) is 26.8 Å². The fraction of sp³-hybridized carbons (Fsp3) is 0.429. The lowest BCUT2D eigenvalue weighted by Crippen LogP contribution is -2.16. The van der Waals surface area contributed by atoms with Crippen molar-refractivity contribution < 1.29 is 28.5 Å². The van der Waals surface area contributed by atoms with Crippen molar-refractivity contribution >= 4 is 11.9 Å². The molecule has 0 N–H and O–H groups in total. The summed E-state index contributed by atoms with van der Waals surface area (Å²) in [6.45, 7) is 4.13. The summed E-state index contributed by atoms with van der Waals surface area (Å²) in [5, 5.41) is 0. The van der Waals surface area contributed by atoms with Crippen LogP contribution in [0.2, 0.25) is 0 Å². The highest BCUT2D eigenvalue weighted by molar-refractivity contribution is 6.03. The number of esters is 2. The van der Waals surface area contributed by atoms with Crippen LogP contribution in [0.3, 0.4) is 0 Å². The fourth-order valence-electron chi connectivity index (χ4n) is 1.35. The van der Waals surface area contributed by atoms with E-state index in [9.17, 15) is 9.59 Å². The second-order valence-electron chi connectivity index (χ2n) is 3.63. The van der Waals surface area contributed by atoms with Gasteiger partial charge in [-0.05, 0) is 26.0 Å². The predicted molar refractivity (Wildman–Crippen MR) is 70.3 cm³/mol. The van der Waals surface area contributed by atoms with E-state index in [1.54, 1.807) is 26.0 Å². The van der Waals surface area contributed by atoms with E-state index in [1.807, 2.05) is 0 Å². The molecular formula is C14H18O6. The Labute approximate surface area is 117 Å². The molecule has 0 saturated carbocycles. The highest BCUT2D eigenvalue weighted by atomic mass is 16.7. The summed E-state index contributed by atoms with van der Waals surface area (Å²) < 4.78 is 19.6. The first-order valence-corrected chi connectivity index (χ1v) is 6.29. The van der Waals surface area contributed by atoms with Crippen LogP contribution in [0.25, 0.3) is 0 Å². The molecule has 6 heteroatoms. The Kier molecular flexibility index (Phi) is 7.31. The molecule has 0 aliphatic carbocycles. The van der Waals surface area contributed by atoms with Crippen molar-refractivity contribution in [2.45, 2.75) is 13.8 Å². The lowest BCUT2D eigenvalue weighted by atomic mass is 10.1. The average Bonchev–Trinajstić information content (AvgIpc) is 2.47. The van der Waals surface area contributed by atoms with Gasteiger partial charge in [0.2, 0.25) is 0 Å². The molecular weight excluding hydrogens is 264 g/mol. The van der Waals surface area contributed by atoms with Gasteiger partial charge in [-0.3, -0.25) is 0 Å². The number of hydrogen-bond donors (Lipinski definition) is 0. The summed E-state index contributed by atoms with van der Waals surface area (Å²) in [5.74, 6) is -1.27. The van der Waals surface area contributed by atoms with E-state index in [2.05, 4.69) is 0 Å². The Morgan fingerprint density at radius 1 is 0.850 bits per heavy atom. The van der Waals surface area contributed by atoms with Gasteiger partial charge < -0.3 is 18.9 Å². The van der Waals surface area contributed by atoms with Gasteiger partial charge in [0.05, 0.1) is 11.1 Å². The van der Waals surface area contributed by atoms with Gasteiger partial charge in [0.15, 0.2) is 13.6 Å². The first-order valence-electron chi connectivity index (χ1n) is 6.29. The maximum atomic E-state index is 11.8. The van der Waals surface area contributed by atoms with Crippen molar-refractivity contribution in [3.05, 3.63) is 35.4 Å². The zero-order chi connectivity index (χ0) is 14.8. The monoisotopic (exact) mass is 282 g/mol. The molecule has 0 radical (unpaired) electrons. The molecule has 0 aromatic heterocycles. The molecule has 0 aliphatic rings. The van der Waals surface area contributed by atoms with Crippen LogP contribution in [0.5, 0.6) is 0 Å². The Morgan fingerprint density at radius 2 is 1.25 bits per heavy atom. The van der Waals surface area contributed by atoms with Crippen LogP contribution in [-0.2, 0) is 18.9 Å². The molecule has 20 heavy (non-hydrogen) atoms. The molecule has 110 valence electrons. The van der Waals surface area contributed by atoms with Crippen LogP contribution in [0.1, 0.15) is 34.6 Å². The summed E-state index contributed by atoms with van der Waals surface area (Å²) in [7, 11) is 0. The first-order chi connectivity index (χ1) is 9.70. The highest BCUT2D eigenvalue weighted by Crippen LogP contribution is 2.12. The van der Waals surface area contributed by atoms with Crippen molar-refractivity contribution in [2.24, 2.45) is 0 Å². The minimum atomic E-state index is -0.637. The molecule has 1 aromatic rings. The highest BCUT2D eigenvalue weighted by Gasteiger charge is 2.18. The van der Waals surface area contributed by atoms with Crippen LogP contribution < -0.4 is 0 Å². The zero-order valence-corrected chi connectivity index (χ0v) is 11.6. The number of ether oxygens (including phenoxy) is 4. The minimum absolute atomic E-state index is 0.133. The largest absolute Gasteiger partial charge is 0.435 e. The summed E-state index contributed by atoms with van der Waals surface area (Å²) in [6.07, 6.45) is 0. The maximum absolute atomic E-state index is 11.8. The normalized spacial score (nSPS) is 10.1. The third-order valence-electron chi connectivity index (χ3n) is 2.32. The van der Waals surface area contributed by atoms with E-state index < -0.39 is 11.9 Å². The third-order valence-corrected chi connectivity index (χ3v) is 2.32. The van der Waals surface area contributed by atoms with E-state index in [0.29, 0.717) is 13.2 Å². The quantitative estimate of drug-likeness (QED) is 0.412. The van der Waals surface area contributed by atoms with Crippen LogP contribution in [-0.4, -0.2) is 38.7 Å². The molecule has 0 amide bonds. The van der Waals surface area contributed by atoms with E-state index in [4.69, 9.17) is 18.9 Å². The molecule has 0 heterocycles. The van der Waals surface area contributed by atoms with Crippen molar-refractivity contribution in [3.8, 4) is 0 Å². The first kappa shape index (κ1) is 16.1. The Bertz CT molecular complexity index is 402. The van der Waals surface area contributed by atoms with Gasteiger partial charge in [-0.2, -0.15) is 0 Å². The minimum Gasteiger partial charge on any atom is -0.435 e. The molecule has 0 unspecified atom stereocenters. The van der Waals surface area contributed by atoms with E-state index >= 15 is 0 Å². The molecule has 0 aliphatic heterocycles. The molecule has 0 fully saturated rings. The van der Waals surface area contributed by atoms with Gasteiger partial charge in [0, 0.05) is 13.2 Å². The number of carbonyl (C=O) groups is 2. The van der Waals surface area contributed by atoms with Gasteiger partial charge in [-0.1, -0.05) is 12.1 Å². The number of carbonyl (C=O) groups excluding carboxylic acids is 2. The van der Waals surface area contributed by atoms with E-state index in [-0.39, 0.29) is 24.7 Å². The van der Waals surface area contributed by atoms with Gasteiger partial charge in [-0.25, -0.2) is 9.59 Å². The van der Waals surface area contributed by atoms with E-state index in [1.165, 1.54) is 12.1 Å². The number of hydrogen-bond acceptors (Lipinski definition) is 6. The molecule has 1 aromatic carbocycles. The fourth-order valence-corrected chi connectivity index (χ4v) is 1.35. The third kappa shape index (κ3) is 4.99. The summed E-state index contributed by atoms with van der Waals surface area (Å²) in [6, 6.07) is 6.25. The van der Waals surface area contributed by atoms with Gasteiger partial charge in [-0.15, -0.1) is 0 Å². The maximum Gasteiger partial charge on any atom is 0.341 e. The molecule has 1 rings (SSSR count). The van der Waals surface area contributed by atoms with Crippen LogP contribution in [0.15, 0.2) is 24.3 Å². The Balaban J connectivity index is 2.71. The lowest BCUT2D eigenvalue weighted by molar-refractivity contribution is -0.0308.